The van der Waals surface area contributed by atoms with Gasteiger partial charge in [-0.25, -0.2) is 0 Å². The van der Waals surface area contributed by atoms with E-state index in [9.17, 15) is 0 Å². The van der Waals surface area contributed by atoms with Crippen LogP contribution in [0.3, 0.4) is 0 Å². The average Bonchev–Trinajstić information content (AvgIpc) is 2.17. The van der Waals surface area contributed by atoms with Gasteiger partial charge >= 0.3 is 0 Å². The maximum atomic E-state index is 3.94. The van der Waals surface area contributed by atoms with E-state index < -0.39 is 0 Å². The summed E-state index contributed by atoms with van der Waals surface area (Å²) in [6.07, 6.45) is 2.86. The average molecular weight is 308 g/mol. The van der Waals surface area contributed by atoms with Crippen LogP contribution in [0.1, 0.15) is 19.8 Å². The second-order valence-corrected chi connectivity index (χ2v) is 3.77. The molecule has 0 aromatic carbocycles. The molecule has 0 aromatic heterocycles. The maximum Gasteiger partial charge on any atom is 0 e. The standard InChI is InChI=1S/C8H14N.W/c1-7-5-8(7)3-4-9(2)6-8;/h7H,2-6H2,1H3;/q-1;. The quantitative estimate of drug-likeness (QED) is 0.613. The molecule has 0 bridgehead atoms. The predicted octanol–water partition coefficient (Wildman–Crippen LogP) is 1.51. The Labute approximate surface area is 77.4 Å². The second-order valence-electron chi connectivity index (χ2n) is 3.77. The Kier molecular flexibility index (Phi) is 2.28. The minimum absolute atomic E-state index is 0. The largest absolute Gasteiger partial charge is 0.459 e. The molecule has 10 heavy (non-hydrogen) atoms. The van der Waals surface area contributed by atoms with E-state index in [2.05, 4.69) is 18.9 Å². The van der Waals surface area contributed by atoms with Crippen molar-refractivity contribution < 1.29 is 21.1 Å². The van der Waals surface area contributed by atoms with E-state index in [1.54, 1.807) is 0 Å². The van der Waals surface area contributed by atoms with Gasteiger partial charge < -0.3 is 4.90 Å². The summed E-state index contributed by atoms with van der Waals surface area (Å²) < 4.78 is 0. The molecule has 2 aliphatic rings. The van der Waals surface area contributed by atoms with Crippen LogP contribution >= 0.6 is 0 Å². The zero-order valence-electron chi connectivity index (χ0n) is 6.47. The third-order valence-electron chi connectivity index (χ3n) is 3.06. The summed E-state index contributed by atoms with van der Waals surface area (Å²) in [5, 5.41) is 0. The van der Waals surface area contributed by atoms with Crippen LogP contribution < -0.4 is 0 Å². The molecule has 2 unspecified atom stereocenters. The molecule has 0 N–H and O–H groups in total. The predicted molar refractivity (Wildman–Crippen MR) is 37.8 cm³/mol. The van der Waals surface area contributed by atoms with E-state index in [0.29, 0.717) is 0 Å². The van der Waals surface area contributed by atoms with Crippen molar-refractivity contribution in [3.05, 3.63) is 7.05 Å². The first-order valence-electron chi connectivity index (χ1n) is 3.78. The topological polar surface area (TPSA) is 3.24 Å². The van der Waals surface area contributed by atoms with Crippen LogP contribution in [0.15, 0.2) is 0 Å². The number of nitrogens with zero attached hydrogens (tertiary/aromatic N) is 1. The van der Waals surface area contributed by atoms with E-state index in [1.165, 1.54) is 25.9 Å². The summed E-state index contributed by atoms with van der Waals surface area (Å²) in [5.74, 6) is 0.990. The fraction of sp³-hybridized carbons (Fsp3) is 0.875. The van der Waals surface area contributed by atoms with Gasteiger partial charge in [0, 0.05) is 21.1 Å². The van der Waals surface area contributed by atoms with E-state index in [4.69, 9.17) is 0 Å². The van der Waals surface area contributed by atoms with Crippen LogP contribution in [0.2, 0.25) is 0 Å². The Morgan fingerprint density at radius 2 is 2.20 bits per heavy atom. The van der Waals surface area contributed by atoms with Crippen LogP contribution in [-0.2, 0) is 21.1 Å². The minimum atomic E-state index is 0. The molecule has 2 rings (SSSR count). The second kappa shape index (κ2) is 2.60. The zero-order valence-corrected chi connectivity index (χ0v) is 9.40. The van der Waals surface area contributed by atoms with Gasteiger partial charge in [-0.2, -0.15) is 0 Å². The Balaban J connectivity index is 0.000000500. The molecule has 2 fully saturated rings. The molecule has 1 spiro atoms. The van der Waals surface area contributed by atoms with Gasteiger partial charge in [0.15, 0.2) is 0 Å². The summed E-state index contributed by atoms with van der Waals surface area (Å²) in [5.41, 5.74) is 0.738. The molecule has 1 heterocycles. The first kappa shape index (κ1) is 8.74. The van der Waals surface area contributed by atoms with E-state index in [0.717, 1.165) is 11.3 Å². The molecule has 0 amide bonds. The van der Waals surface area contributed by atoms with Crippen molar-refractivity contribution in [3.8, 4) is 0 Å². The van der Waals surface area contributed by atoms with Gasteiger partial charge in [0.05, 0.1) is 0 Å². The molecule has 1 saturated heterocycles. The molecule has 1 saturated carbocycles. The van der Waals surface area contributed by atoms with Gasteiger partial charge in [-0.3, -0.25) is 7.05 Å². The Bertz CT molecular complexity index is 135. The molecule has 0 radical (unpaired) electrons. The molecule has 2 atom stereocenters. The Morgan fingerprint density at radius 3 is 2.40 bits per heavy atom. The van der Waals surface area contributed by atoms with Crippen molar-refractivity contribution in [3.63, 3.8) is 0 Å². The number of rotatable bonds is 0. The van der Waals surface area contributed by atoms with E-state index in [-0.39, 0.29) is 21.1 Å². The third-order valence-corrected chi connectivity index (χ3v) is 3.06. The number of hydrogen-bond donors (Lipinski definition) is 0. The normalized spacial score (nSPS) is 45.6. The van der Waals surface area contributed by atoms with Crippen molar-refractivity contribution in [1.82, 2.24) is 4.90 Å². The SMILES string of the molecule is [CH2-]N1CCC2(CC2C)C1.[W]. The molecule has 2 heteroatoms. The van der Waals surface area contributed by atoms with Crippen LogP contribution in [0.5, 0.6) is 0 Å². The smallest absolute Gasteiger partial charge is 0 e. The molecule has 1 nitrogen and oxygen atoms in total. The summed E-state index contributed by atoms with van der Waals surface area (Å²) in [6, 6.07) is 0. The van der Waals surface area contributed by atoms with Gasteiger partial charge in [0.1, 0.15) is 0 Å². The third kappa shape index (κ3) is 1.19. The first-order chi connectivity index (χ1) is 4.23. The zero-order chi connectivity index (χ0) is 6.48. The molecular weight excluding hydrogens is 294 g/mol. The molecule has 58 valence electrons. The number of likely N-dealkylation sites (tertiary alicyclic amines) is 1. The van der Waals surface area contributed by atoms with Crippen LogP contribution in [0, 0.1) is 18.4 Å². The Morgan fingerprint density at radius 1 is 1.60 bits per heavy atom. The van der Waals surface area contributed by atoms with E-state index in [1.807, 2.05) is 0 Å². The van der Waals surface area contributed by atoms with Crippen LogP contribution in [0.4, 0.5) is 0 Å². The van der Waals surface area contributed by atoms with Gasteiger partial charge in [-0.05, 0) is 37.3 Å². The van der Waals surface area contributed by atoms with Crippen molar-refractivity contribution in [2.24, 2.45) is 11.3 Å². The molecule has 0 aromatic rings. The molecular formula is C8H14NW-. The van der Waals surface area contributed by atoms with Crippen molar-refractivity contribution in [2.75, 3.05) is 13.1 Å². The number of hydrogen-bond acceptors (Lipinski definition) is 1. The summed E-state index contributed by atoms with van der Waals surface area (Å²) in [7, 11) is 3.94. The van der Waals surface area contributed by atoms with Gasteiger partial charge in [-0.1, -0.05) is 6.92 Å². The summed E-state index contributed by atoms with van der Waals surface area (Å²) in [4.78, 5) is 2.21. The fourth-order valence-electron chi connectivity index (χ4n) is 2.10. The Hall–Kier alpha value is 0.648. The first-order valence-corrected chi connectivity index (χ1v) is 3.78. The summed E-state index contributed by atoms with van der Waals surface area (Å²) in [6.45, 7) is 4.84. The van der Waals surface area contributed by atoms with Gasteiger partial charge in [0.25, 0.3) is 0 Å². The fourth-order valence-corrected chi connectivity index (χ4v) is 2.10. The van der Waals surface area contributed by atoms with Gasteiger partial charge in [-0.15, -0.1) is 0 Å². The summed E-state index contributed by atoms with van der Waals surface area (Å²) >= 11 is 0. The maximum absolute atomic E-state index is 3.94. The van der Waals surface area contributed by atoms with Crippen molar-refractivity contribution >= 4 is 0 Å². The van der Waals surface area contributed by atoms with Crippen LogP contribution in [-0.4, -0.2) is 18.0 Å². The van der Waals surface area contributed by atoms with Crippen molar-refractivity contribution in [2.45, 2.75) is 19.8 Å². The van der Waals surface area contributed by atoms with Crippen molar-refractivity contribution in [1.29, 1.82) is 0 Å². The van der Waals surface area contributed by atoms with E-state index >= 15 is 0 Å². The monoisotopic (exact) mass is 308 g/mol. The van der Waals surface area contributed by atoms with Gasteiger partial charge in [0.2, 0.25) is 0 Å². The molecule has 1 aliphatic heterocycles. The minimum Gasteiger partial charge on any atom is -0.459 e. The van der Waals surface area contributed by atoms with Crippen LogP contribution in [0.25, 0.3) is 0 Å². The molecule has 1 aliphatic carbocycles.